The fourth-order valence-corrected chi connectivity index (χ4v) is 4.55. The molecule has 2 atom stereocenters. The quantitative estimate of drug-likeness (QED) is 0.576. The number of hydrogen-bond donors (Lipinski definition) is 1. The number of amides is 2. The maximum Gasteiger partial charge on any atom is 0.240 e. The van der Waals surface area contributed by atoms with Crippen LogP contribution < -0.4 is 15.0 Å². The number of fused-ring (bicyclic) bond motifs is 3. The second kappa shape index (κ2) is 8.65. The van der Waals surface area contributed by atoms with Gasteiger partial charge in [0.2, 0.25) is 11.8 Å². The summed E-state index contributed by atoms with van der Waals surface area (Å²) in [7, 11) is 0. The summed E-state index contributed by atoms with van der Waals surface area (Å²) in [5, 5.41) is 2.89. The lowest BCUT2D eigenvalue weighted by Gasteiger charge is -2.33. The van der Waals surface area contributed by atoms with E-state index in [1.54, 1.807) is 23.2 Å². The molecule has 0 saturated heterocycles. The summed E-state index contributed by atoms with van der Waals surface area (Å²) in [6.45, 7) is 0.582. The van der Waals surface area contributed by atoms with E-state index < -0.39 is 5.41 Å². The number of carbonyl (C=O) groups excluding carboxylic acids is 2. The molecule has 1 aliphatic carbocycles. The zero-order chi connectivity index (χ0) is 22.8. The van der Waals surface area contributed by atoms with Gasteiger partial charge in [0, 0.05) is 36.5 Å². The lowest BCUT2D eigenvalue weighted by atomic mass is 9.92. The van der Waals surface area contributed by atoms with E-state index in [1.807, 2.05) is 42.5 Å². The van der Waals surface area contributed by atoms with Crippen molar-refractivity contribution < 1.29 is 18.7 Å². The van der Waals surface area contributed by atoms with Crippen LogP contribution in [0, 0.1) is 11.2 Å². The average Bonchev–Trinajstić information content (AvgIpc) is 3.59. The number of para-hydroxylation sites is 1. The van der Waals surface area contributed by atoms with Gasteiger partial charge in [-0.15, -0.1) is 0 Å². The maximum atomic E-state index is 13.6. The molecule has 6 nitrogen and oxygen atoms in total. The van der Waals surface area contributed by atoms with Crippen LogP contribution in [0.5, 0.6) is 5.75 Å². The summed E-state index contributed by atoms with van der Waals surface area (Å²) in [6, 6.07) is 19.2. The number of pyridine rings is 1. The van der Waals surface area contributed by atoms with Crippen molar-refractivity contribution in [3.8, 4) is 5.75 Å². The van der Waals surface area contributed by atoms with Crippen molar-refractivity contribution in [1.82, 2.24) is 10.3 Å². The fourth-order valence-electron chi connectivity index (χ4n) is 4.55. The molecule has 2 heterocycles. The summed E-state index contributed by atoms with van der Waals surface area (Å²) in [5.41, 5.74) is 2.04. The third-order valence-corrected chi connectivity index (χ3v) is 6.39. The predicted molar refractivity (Wildman–Crippen MR) is 121 cm³/mol. The first kappa shape index (κ1) is 21.1. The van der Waals surface area contributed by atoms with Crippen molar-refractivity contribution in [2.45, 2.75) is 18.8 Å². The number of nitrogens with one attached hydrogen (secondary N) is 1. The Morgan fingerprint density at radius 2 is 1.91 bits per heavy atom. The molecule has 1 aromatic heterocycles. The number of nitrogens with zero attached hydrogens (tertiary/aromatic N) is 2. The van der Waals surface area contributed by atoms with E-state index in [1.165, 1.54) is 12.1 Å². The lowest BCUT2D eigenvalue weighted by molar-refractivity contribution is -0.128. The minimum atomic E-state index is -0.697. The number of aromatic nitrogens is 1. The van der Waals surface area contributed by atoms with Crippen molar-refractivity contribution in [1.29, 1.82) is 0 Å². The second-order valence-corrected chi connectivity index (χ2v) is 8.53. The molecule has 33 heavy (non-hydrogen) atoms. The van der Waals surface area contributed by atoms with E-state index in [0.29, 0.717) is 25.1 Å². The number of rotatable bonds is 8. The average molecular weight is 445 g/mol. The Kier molecular flexibility index (Phi) is 5.54. The van der Waals surface area contributed by atoms with Crippen LogP contribution in [-0.4, -0.2) is 36.5 Å². The summed E-state index contributed by atoms with van der Waals surface area (Å²) >= 11 is 0. The van der Waals surface area contributed by atoms with Crippen LogP contribution in [-0.2, 0) is 16.0 Å². The number of carbonyl (C=O) groups is 2. The van der Waals surface area contributed by atoms with E-state index in [2.05, 4.69) is 10.3 Å². The van der Waals surface area contributed by atoms with Crippen LogP contribution in [0.15, 0.2) is 72.9 Å². The van der Waals surface area contributed by atoms with Crippen LogP contribution in [0.1, 0.15) is 23.6 Å². The molecule has 1 aliphatic heterocycles. The van der Waals surface area contributed by atoms with E-state index in [4.69, 9.17) is 4.74 Å². The molecule has 7 heteroatoms. The zero-order valence-corrected chi connectivity index (χ0v) is 18.0. The van der Waals surface area contributed by atoms with Gasteiger partial charge in [0.15, 0.2) is 0 Å². The number of halogens is 1. The molecule has 0 bridgehead atoms. The van der Waals surface area contributed by atoms with Crippen molar-refractivity contribution in [3.05, 3.63) is 90.0 Å². The predicted octanol–water partition coefficient (Wildman–Crippen LogP) is 3.48. The first-order valence-electron chi connectivity index (χ1n) is 11.0. The van der Waals surface area contributed by atoms with E-state index >= 15 is 0 Å². The van der Waals surface area contributed by atoms with Crippen molar-refractivity contribution in [3.63, 3.8) is 0 Å². The molecule has 1 fully saturated rings. The molecule has 1 saturated carbocycles. The third-order valence-electron chi connectivity index (χ3n) is 6.39. The largest absolute Gasteiger partial charge is 0.492 e. The monoisotopic (exact) mass is 445 g/mol. The highest BCUT2D eigenvalue weighted by molar-refractivity contribution is 6.07. The minimum Gasteiger partial charge on any atom is -0.492 e. The van der Waals surface area contributed by atoms with Gasteiger partial charge < -0.3 is 15.0 Å². The van der Waals surface area contributed by atoms with Crippen molar-refractivity contribution in [2.75, 3.05) is 24.6 Å². The minimum absolute atomic E-state index is 0.0525. The smallest absolute Gasteiger partial charge is 0.240 e. The highest BCUT2D eigenvalue weighted by atomic mass is 19.1. The molecule has 0 unspecified atom stereocenters. The molecule has 1 N–H and O–H groups in total. The Balaban J connectivity index is 1.28. The van der Waals surface area contributed by atoms with Gasteiger partial charge in [-0.25, -0.2) is 4.39 Å². The molecule has 5 rings (SSSR count). The van der Waals surface area contributed by atoms with Gasteiger partial charge in [-0.2, -0.15) is 0 Å². The molecule has 3 aromatic rings. The summed E-state index contributed by atoms with van der Waals surface area (Å²) in [6.07, 6.45) is 3.01. The number of anilines is 1. The van der Waals surface area contributed by atoms with Crippen LogP contribution in [0.4, 0.5) is 10.1 Å². The standard InChI is InChI=1S/C26H24FN3O3/c27-18-8-10-20(11-9-18)33-17-26-15-22(26)21-6-1-2-7-23(21)30(25(26)32)16-24(31)29-14-12-19-5-3-4-13-28-19/h1-11,13,22H,12,14-17H2,(H,29,31)/t22-,26+/m0/s1. The van der Waals surface area contributed by atoms with Crippen molar-refractivity contribution >= 4 is 17.5 Å². The molecule has 2 aromatic carbocycles. The van der Waals surface area contributed by atoms with Crippen LogP contribution in [0.2, 0.25) is 0 Å². The highest BCUT2D eigenvalue weighted by Crippen LogP contribution is 2.65. The highest BCUT2D eigenvalue weighted by Gasteiger charge is 2.66. The SMILES string of the molecule is O=C(CN1C(=O)[C@@]2(COc3ccc(F)cc3)C[C@H]2c2ccccc21)NCCc1ccccn1. The van der Waals surface area contributed by atoms with Gasteiger partial charge in [0.05, 0.1) is 5.41 Å². The van der Waals surface area contributed by atoms with E-state index in [-0.39, 0.29) is 36.7 Å². The van der Waals surface area contributed by atoms with Gasteiger partial charge in [0.25, 0.3) is 0 Å². The number of benzene rings is 2. The van der Waals surface area contributed by atoms with Gasteiger partial charge in [0.1, 0.15) is 24.7 Å². The summed E-state index contributed by atoms with van der Waals surface area (Å²) in [4.78, 5) is 32.1. The van der Waals surface area contributed by atoms with Crippen LogP contribution in [0.3, 0.4) is 0 Å². The van der Waals surface area contributed by atoms with Crippen LogP contribution >= 0.6 is 0 Å². The molecular formula is C26H24FN3O3. The Bertz CT molecular complexity index is 1170. The lowest BCUT2D eigenvalue weighted by Crippen LogP contribution is -2.48. The van der Waals surface area contributed by atoms with Gasteiger partial charge in [-0.1, -0.05) is 24.3 Å². The van der Waals surface area contributed by atoms with Crippen LogP contribution in [0.25, 0.3) is 0 Å². The maximum absolute atomic E-state index is 13.6. The van der Waals surface area contributed by atoms with Gasteiger partial charge >= 0.3 is 0 Å². The number of hydrogen-bond acceptors (Lipinski definition) is 4. The first-order chi connectivity index (χ1) is 16.1. The molecule has 0 spiro atoms. The number of ether oxygens (including phenoxy) is 1. The zero-order valence-electron chi connectivity index (χ0n) is 18.0. The Labute approximate surface area is 191 Å². The molecule has 2 aliphatic rings. The molecular weight excluding hydrogens is 421 g/mol. The Morgan fingerprint density at radius 1 is 1.12 bits per heavy atom. The Morgan fingerprint density at radius 3 is 2.70 bits per heavy atom. The summed E-state index contributed by atoms with van der Waals surface area (Å²) < 4.78 is 19.1. The summed E-state index contributed by atoms with van der Waals surface area (Å²) in [5.74, 6) is -0.0873. The normalized spacial score (nSPS) is 20.6. The molecule has 2 amide bonds. The molecule has 168 valence electrons. The first-order valence-corrected chi connectivity index (χ1v) is 11.0. The topological polar surface area (TPSA) is 71.5 Å². The van der Waals surface area contributed by atoms with E-state index in [9.17, 15) is 14.0 Å². The molecule has 0 radical (unpaired) electrons. The van der Waals surface area contributed by atoms with Gasteiger partial charge in [-0.3, -0.25) is 14.6 Å². The van der Waals surface area contributed by atoms with Gasteiger partial charge in [-0.05, 0) is 54.4 Å². The van der Waals surface area contributed by atoms with Crippen molar-refractivity contribution in [2.24, 2.45) is 5.41 Å². The Hall–Kier alpha value is -3.74. The fraction of sp³-hybridized carbons (Fsp3) is 0.269. The van der Waals surface area contributed by atoms with E-state index in [0.717, 1.165) is 16.9 Å². The third kappa shape index (κ3) is 4.18. The second-order valence-electron chi connectivity index (χ2n) is 8.53.